The van der Waals surface area contributed by atoms with Gasteiger partial charge in [-0.05, 0) is 50.2 Å². The zero-order valence-corrected chi connectivity index (χ0v) is 11.1. The number of aryl methyl sites for hydroxylation is 2. The third-order valence-electron chi connectivity index (χ3n) is 3.06. The first-order valence-corrected chi connectivity index (χ1v) is 6.10. The molecule has 0 radical (unpaired) electrons. The van der Waals surface area contributed by atoms with E-state index in [1.165, 1.54) is 11.4 Å². The Kier molecular flexibility index (Phi) is 3.92. The first-order chi connectivity index (χ1) is 8.70. The average molecular weight is 245 g/mol. The molecule has 0 aliphatic carbocycles. The Hall–Kier alpha value is -1.90. The van der Waals surface area contributed by atoms with Crippen LogP contribution in [0.2, 0.25) is 0 Å². The van der Waals surface area contributed by atoms with Crippen LogP contribution in [0.3, 0.4) is 0 Å². The van der Waals surface area contributed by atoms with Gasteiger partial charge in [0.05, 0.1) is 13.7 Å². The van der Waals surface area contributed by atoms with Crippen LogP contribution in [0.25, 0.3) is 0 Å². The fourth-order valence-corrected chi connectivity index (χ4v) is 1.98. The van der Waals surface area contributed by atoms with Gasteiger partial charge in [-0.1, -0.05) is 0 Å². The van der Waals surface area contributed by atoms with Gasteiger partial charge in [0, 0.05) is 11.4 Å². The van der Waals surface area contributed by atoms with Crippen molar-refractivity contribution in [1.82, 2.24) is 4.57 Å². The molecule has 18 heavy (non-hydrogen) atoms. The van der Waals surface area contributed by atoms with Gasteiger partial charge in [-0.15, -0.1) is 0 Å². The fourth-order valence-electron chi connectivity index (χ4n) is 1.98. The summed E-state index contributed by atoms with van der Waals surface area (Å²) in [7, 11) is 1.66. The summed E-state index contributed by atoms with van der Waals surface area (Å²) >= 11 is 0. The zero-order valence-electron chi connectivity index (χ0n) is 11.1. The monoisotopic (exact) mass is 245 g/mol. The lowest BCUT2D eigenvalue weighted by atomic mass is 10.3. The van der Waals surface area contributed by atoms with E-state index in [0.29, 0.717) is 6.61 Å². The first kappa shape index (κ1) is 12.6. The lowest BCUT2D eigenvalue weighted by Gasteiger charge is -2.11. The Labute approximate surface area is 108 Å². The molecule has 1 aromatic heterocycles. The predicted octanol–water partition coefficient (Wildman–Crippen LogP) is 3.19. The van der Waals surface area contributed by atoms with Crippen LogP contribution in [-0.2, 0) is 6.54 Å². The highest BCUT2D eigenvalue weighted by molar-refractivity contribution is 5.31. The van der Waals surface area contributed by atoms with E-state index in [0.717, 1.165) is 18.0 Å². The Bertz CT molecular complexity index is 480. The molecule has 2 rings (SSSR count). The van der Waals surface area contributed by atoms with E-state index in [1.807, 2.05) is 24.3 Å². The molecule has 0 amide bonds. The summed E-state index contributed by atoms with van der Waals surface area (Å²) in [4.78, 5) is 0. The molecule has 0 bridgehead atoms. The largest absolute Gasteiger partial charge is 0.497 e. The maximum atomic E-state index is 5.71. The SMILES string of the molecule is COc1ccc(OCCn2c(C)ccc2C)cc1. The highest BCUT2D eigenvalue weighted by atomic mass is 16.5. The van der Waals surface area contributed by atoms with Gasteiger partial charge in [-0.3, -0.25) is 0 Å². The number of hydrogen-bond donors (Lipinski definition) is 0. The maximum absolute atomic E-state index is 5.71. The average Bonchev–Trinajstić information content (AvgIpc) is 2.71. The summed E-state index contributed by atoms with van der Waals surface area (Å²) in [5.74, 6) is 1.72. The van der Waals surface area contributed by atoms with Gasteiger partial charge in [0.25, 0.3) is 0 Å². The van der Waals surface area contributed by atoms with Crippen LogP contribution in [0, 0.1) is 13.8 Å². The normalized spacial score (nSPS) is 10.4. The molecule has 3 heteroatoms. The number of rotatable bonds is 5. The van der Waals surface area contributed by atoms with Crippen molar-refractivity contribution in [1.29, 1.82) is 0 Å². The molecule has 0 aliphatic rings. The molecule has 1 heterocycles. The summed E-state index contributed by atoms with van der Waals surface area (Å²) in [5.41, 5.74) is 2.54. The topological polar surface area (TPSA) is 23.4 Å². The highest BCUT2D eigenvalue weighted by Crippen LogP contribution is 2.17. The lowest BCUT2D eigenvalue weighted by Crippen LogP contribution is -2.10. The van der Waals surface area contributed by atoms with Crippen LogP contribution >= 0.6 is 0 Å². The highest BCUT2D eigenvalue weighted by Gasteiger charge is 2.01. The van der Waals surface area contributed by atoms with E-state index in [9.17, 15) is 0 Å². The number of aromatic nitrogens is 1. The molecule has 0 fully saturated rings. The third kappa shape index (κ3) is 2.86. The lowest BCUT2D eigenvalue weighted by molar-refractivity contribution is 0.295. The van der Waals surface area contributed by atoms with Crippen molar-refractivity contribution < 1.29 is 9.47 Å². The van der Waals surface area contributed by atoms with Crippen LogP contribution in [0.1, 0.15) is 11.4 Å². The minimum Gasteiger partial charge on any atom is -0.497 e. The molecule has 96 valence electrons. The van der Waals surface area contributed by atoms with Crippen LogP contribution in [0.5, 0.6) is 11.5 Å². The molecule has 0 saturated heterocycles. The quantitative estimate of drug-likeness (QED) is 0.807. The number of nitrogens with zero attached hydrogens (tertiary/aromatic N) is 1. The van der Waals surface area contributed by atoms with Gasteiger partial charge in [0.2, 0.25) is 0 Å². The van der Waals surface area contributed by atoms with Gasteiger partial charge in [0.1, 0.15) is 18.1 Å². The first-order valence-electron chi connectivity index (χ1n) is 6.10. The minimum absolute atomic E-state index is 0.669. The number of hydrogen-bond acceptors (Lipinski definition) is 2. The van der Waals surface area contributed by atoms with E-state index < -0.39 is 0 Å². The van der Waals surface area contributed by atoms with Crippen molar-refractivity contribution in [3.63, 3.8) is 0 Å². The van der Waals surface area contributed by atoms with E-state index in [2.05, 4.69) is 30.5 Å². The number of benzene rings is 1. The Morgan fingerprint density at radius 3 is 2.00 bits per heavy atom. The number of methoxy groups -OCH3 is 1. The molecular formula is C15H19NO2. The smallest absolute Gasteiger partial charge is 0.119 e. The van der Waals surface area contributed by atoms with Gasteiger partial charge in [0.15, 0.2) is 0 Å². The van der Waals surface area contributed by atoms with Gasteiger partial charge >= 0.3 is 0 Å². The fraction of sp³-hybridized carbons (Fsp3) is 0.333. The zero-order chi connectivity index (χ0) is 13.0. The van der Waals surface area contributed by atoms with Crippen LogP contribution < -0.4 is 9.47 Å². The minimum atomic E-state index is 0.669. The van der Waals surface area contributed by atoms with Gasteiger partial charge in [-0.2, -0.15) is 0 Å². The molecular weight excluding hydrogens is 226 g/mol. The third-order valence-corrected chi connectivity index (χ3v) is 3.06. The van der Waals surface area contributed by atoms with Gasteiger partial charge in [-0.25, -0.2) is 0 Å². The Balaban J connectivity index is 1.88. The van der Waals surface area contributed by atoms with Crippen molar-refractivity contribution in [2.75, 3.05) is 13.7 Å². The molecule has 0 N–H and O–H groups in total. The van der Waals surface area contributed by atoms with Crippen LogP contribution in [-0.4, -0.2) is 18.3 Å². The van der Waals surface area contributed by atoms with E-state index in [1.54, 1.807) is 7.11 Å². The molecule has 1 aromatic carbocycles. The summed E-state index contributed by atoms with van der Waals surface area (Å²) in [6, 6.07) is 11.9. The van der Waals surface area contributed by atoms with E-state index in [4.69, 9.17) is 9.47 Å². The molecule has 0 saturated carbocycles. The second-order valence-corrected chi connectivity index (χ2v) is 4.29. The molecule has 0 unspecified atom stereocenters. The van der Waals surface area contributed by atoms with Crippen LogP contribution in [0.15, 0.2) is 36.4 Å². The molecule has 2 aromatic rings. The maximum Gasteiger partial charge on any atom is 0.119 e. The number of ether oxygens (including phenoxy) is 2. The van der Waals surface area contributed by atoms with E-state index in [-0.39, 0.29) is 0 Å². The predicted molar refractivity (Wildman–Crippen MR) is 72.4 cm³/mol. The second-order valence-electron chi connectivity index (χ2n) is 4.29. The Morgan fingerprint density at radius 1 is 0.889 bits per heavy atom. The van der Waals surface area contributed by atoms with Crippen molar-refractivity contribution >= 4 is 0 Å². The summed E-state index contributed by atoms with van der Waals surface area (Å²) in [5, 5.41) is 0. The standard InChI is InChI=1S/C15H19NO2/c1-12-4-5-13(2)16(12)10-11-18-15-8-6-14(17-3)7-9-15/h4-9H,10-11H2,1-3H3. The van der Waals surface area contributed by atoms with Crippen molar-refractivity contribution in [3.8, 4) is 11.5 Å². The molecule has 0 aliphatic heterocycles. The van der Waals surface area contributed by atoms with Crippen molar-refractivity contribution in [2.24, 2.45) is 0 Å². The van der Waals surface area contributed by atoms with Crippen molar-refractivity contribution in [3.05, 3.63) is 47.8 Å². The summed E-state index contributed by atoms with van der Waals surface area (Å²) < 4.78 is 13.1. The second kappa shape index (κ2) is 5.63. The van der Waals surface area contributed by atoms with Crippen molar-refractivity contribution in [2.45, 2.75) is 20.4 Å². The van der Waals surface area contributed by atoms with Gasteiger partial charge < -0.3 is 14.0 Å². The van der Waals surface area contributed by atoms with E-state index >= 15 is 0 Å². The molecule has 0 atom stereocenters. The molecule has 0 spiro atoms. The van der Waals surface area contributed by atoms with Crippen LogP contribution in [0.4, 0.5) is 0 Å². The molecule has 3 nitrogen and oxygen atoms in total. The Morgan fingerprint density at radius 2 is 1.44 bits per heavy atom. The summed E-state index contributed by atoms with van der Waals surface area (Å²) in [6.45, 7) is 5.76. The summed E-state index contributed by atoms with van der Waals surface area (Å²) in [6.07, 6.45) is 0.